The van der Waals surface area contributed by atoms with Gasteiger partial charge in [0.05, 0.1) is 12.0 Å². The number of aromatic nitrogens is 1. The van der Waals surface area contributed by atoms with E-state index in [1.165, 1.54) is 0 Å². The van der Waals surface area contributed by atoms with Crippen LogP contribution in [0.15, 0.2) is 65.4 Å². The number of rotatable bonds is 7. The molecule has 0 saturated carbocycles. The van der Waals surface area contributed by atoms with E-state index in [9.17, 15) is 9.59 Å². The average Bonchev–Trinajstić information content (AvgIpc) is 3.37. The van der Waals surface area contributed by atoms with E-state index in [4.69, 9.17) is 13.9 Å². The van der Waals surface area contributed by atoms with Gasteiger partial charge in [-0.25, -0.2) is 9.59 Å². The van der Waals surface area contributed by atoms with E-state index in [1.807, 2.05) is 42.5 Å². The lowest BCUT2D eigenvalue weighted by molar-refractivity contribution is -0.157. The van der Waals surface area contributed by atoms with E-state index in [0.29, 0.717) is 5.76 Å². The molecule has 2 N–H and O–H groups in total. The maximum atomic E-state index is 12.7. The van der Waals surface area contributed by atoms with Gasteiger partial charge in [-0.15, -0.1) is 0 Å². The van der Waals surface area contributed by atoms with Gasteiger partial charge in [-0.1, -0.05) is 30.3 Å². The molecule has 0 saturated heterocycles. The molecule has 1 amide bonds. The molecule has 0 aliphatic carbocycles. The third kappa shape index (κ3) is 6.27. The number of carbonyl (C=O) groups is 2. The van der Waals surface area contributed by atoms with Crippen molar-refractivity contribution in [3.8, 4) is 11.5 Å². The zero-order chi connectivity index (χ0) is 21.6. The summed E-state index contributed by atoms with van der Waals surface area (Å²) in [5.41, 5.74) is 1.78. The third-order valence-electron chi connectivity index (χ3n) is 4.17. The van der Waals surface area contributed by atoms with Crippen molar-refractivity contribution in [1.29, 1.82) is 0 Å². The molecule has 0 fully saturated rings. The first-order valence-corrected chi connectivity index (χ1v) is 9.71. The number of amides is 1. The number of alkyl carbamates (subject to hydrolysis) is 1. The lowest BCUT2D eigenvalue weighted by atomic mass is 10.1. The molecule has 2 aromatic heterocycles. The molecule has 1 aromatic carbocycles. The van der Waals surface area contributed by atoms with Crippen LogP contribution < -0.4 is 5.32 Å². The predicted octanol–water partition coefficient (Wildman–Crippen LogP) is 4.45. The Labute approximate surface area is 175 Å². The first-order valence-electron chi connectivity index (χ1n) is 9.71. The molecule has 0 aliphatic rings. The van der Waals surface area contributed by atoms with E-state index < -0.39 is 23.7 Å². The second kappa shape index (κ2) is 9.35. The molecule has 0 bridgehead atoms. The van der Waals surface area contributed by atoms with E-state index in [-0.39, 0.29) is 13.0 Å². The number of esters is 1. The summed E-state index contributed by atoms with van der Waals surface area (Å²) in [6.45, 7) is 5.45. The van der Waals surface area contributed by atoms with Gasteiger partial charge in [0.15, 0.2) is 0 Å². The molecule has 158 valence electrons. The maximum absolute atomic E-state index is 12.7. The number of benzene rings is 1. The van der Waals surface area contributed by atoms with Gasteiger partial charge in [-0.05, 0) is 50.1 Å². The molecular formula is C23H26N2O5. The summed E-state index contributed by atoms with van der Waals surface area (Å²) in [5, 5.41) is 2.63. The molecule has 3 rings (SSSR count). The summed E-state index contributed by atoms with van der Waals surface area (Å²) in [5.74, 6) is 0.158. The highest BCUT2D eigenvalue weighted by molar-refractivity contribution is 5.82. The lowest BCUT2D eigenvalue weighted by Crippen LogP contribution is -2.45. The van der Waals surface area contributed by atoms with Gasteiger partial charge in [0.25, 0.3) is 0 Å². The second-order valence-electron chi connectivity index (χ2n) is 7.90. The summed E-state index contributed by atoms with van der Waals surface area (Å²) < 4.78 is 16.1. The summed E-state index contributed by atoms with van der Waals surface area (Å²) in [7, 11) is 0. The van der Waals surface area contributed by atoms with Crippen LogP contribution in [-0.4, -0.2) is 28.7 Å². The van der Waals surface area contributed by atoms with E-state index in [1.54, 1.807) is 39.3 Å². The van der Waals surface area contributed by atoms with Crippen molar-refractivity contribution >= 4 is 12.1 Å². The number of nitrogens with one attached hydrogen (secondary N) is 2. The molecule has 0 spiro atoms. The molecule has 0 radical (unpaired) electrons. The fourth-order valence-electron chi connectivity index (χ4n) is 2.84. The Morgan fingerprint density at radius 2 is 1.87 bits per heavy atom. The largest absolute Gasteiger partial charge is 0.463 e. The minimum absolute atomic E-state index is 0.112. The number of hydrogen-bond acceptors (Lipinski definition) is 5. The van der Waals surface area contributed by atoms with Gasteiger partial charge >= 0.3 is 12.1 Å². The highest BCUT2D eigenvalue weighted by Crippen LogP contribution is 2.20. The Bertz CT molecular complexity index is 955. The van der Waals surface area contributed by atoms with Crippen LogP contribution in [0.4, 0.5) is 4.79 Å². The van der Waals surface area contributed by atoms with Crippen molar-refractivity contribution in [3.05, 3.63) is 72.1 Å². The molecule has 30 heavy (non-hydrogen) atoms. The zero-order valence-corrected chi connectivity index (χ0v) is 17.3. The Hall–Kier alpha value is -3.48. The molecule has 3 aromatic rings. The van der Waals surface area contributed by atoms with Gasteiger partial charge in [0.1, 0.15) is 24.0 Å². The minimum atomic E-state index is -0.896. The fourth-order valence-corrected chi connectivity index (χ4v) is 2.84. The van der Waals surface area contributed by atoms with Crippen LogP contribution in [0.3, 0.4) is 0 Å². The van der Waals surface area contributed by atoms with Crippen molar-refractivity contribution in [3.63, 3.8) is 0 Å². The average molecular weight is 410 g/mol. The monoisotopic (exact) mass is 410 g/mol. The highest BCUT2D eigenvalue weighted by atomic mass is 16.6. The fraction of sp³-hybridized carbons (Fsp3) is 0.304. The Balaban J connectivity index is 1.67. The van der Waals surface area contributed by atoms with Crippen LogP contribution in [0.2, 0.25) is 0 Å². The quantitative estimate of drug-likeness (QED) is 0.561. The zero-order valence-electron chi connectivity index (χ0n) is 17.3. The predicted molar refractivity (Wildman–Crippen MR) is 112 cm³/mol. The van der Waals surface area contributed by atoms with E-state index >= 15 is 0 Å². The summed E-state index contributed by atoms with van der Waals surface area (Å²) in [6, 6.07) is 13.9. The third-order valence-corrected chi connectivity index (χ3v) is 4.17. The summed E-state index contributed by atoms with van der Waals surface area (Å²) in [4.78, 5) is 28.1. The lowest BCUT2D eigenvalue weighted by Gasteiger charge is -2.24. The van der Waals surface area contributed by atoms with Crippen molar-refractivity contribution in [1.82, 2.24) is 10.3 Å². The molecule has 2 heterocycles. The first kappa shape index (κ1) is 21.2. The Morgan fingerprint density at radius 1 is 1.10 bits per heavy atom. The van der Waals surface area contributed by atoms with Crippen LogP contribution >= 0.6 is 0 Å². The van der Waals surface area contributed by atoms with Crippen LogP contribution in [-0.2, 0) is 27.3 Å². The number of furan rings is 1. The summed E-state index contributed by atoms with van der Waals surface area (Å²) >= 11 is 0. The number of carbonyl (C=O) groups excluding carboxylic acids is 2. The number of hydrogen-bond donors (Lipinski definition) is 2. The van der Waals surface area contributed by atoms with Crippen LogP contribution in [0.1, 0.15) is 31.9 Å². The van der Waals surface area contributed by atoms with Crippen molar-refractivity contribution in [2.45, 2.75) is 45.4 Å². The molecular weight excluding hydrogens is 384 g/mol. The standard InChI is InChI=1S/C23H26N2O5/c1-23(2,3)30-21(26)19(25-22(27)29-15-16-8-5-4-6-9-16)13-17-12-18(24-14-17)20-10-7-11-28-20/h4-12,14,19,24H,13,15H2,1-3H3,(H,25,27)/t19-/m1/s1. The second-order valence-corrected chi connectivity index (χ2v) is 7.90. The molecule has 7 nitrogen and oxygen atoms in total. The Morgan fingerprint density at radius 3 is 2.53 bits per heavy atom. The molecule has 1 atom stereocenters. The van der Waals surface area contributed by atoms with E-state index in [2.05, 4.69) is 10.3 Å². The van der Waals surface area contributed by atoms with Gasteiger partial charge in [-0.2, -0.15) is 0 Å². The minimum Gasteiger partial charge on any atom is -0.463 e. The number of H-pyrrole nitrogens is 1. The van der Waals surface area contributed by atoms with Gasteiger partial charge in [-0.3, -0.25) is 0 Å². The van der Waals surface area contributed by atoms with Crippen LogP contribution in [0.25, 0.3) is 11.5 Å². The van der Waals surface area contributed by atoms with Gasteiger partial charge in [0, 0.05) is 12.6 Å². The molecule has 0 aliphatic heterocycles. The number of ether oxygens (including phenoxy) is 2. The van der Waals surface area contributed by atoms with Crippen molar-refractivity contribution < 1.29 is 23.5 Å². The van der Waals surface area contributed by atoms with Crippen molar-refractivity contribution in [2.24, 2.45) is 0 Å². The molecule has 7 heteroatoms. The summed E-state index contributed by atoms with van der Waals surface area (Å²) in [6.07, 6.45) is 2.92. The SMILES string of the molecule is CC(C)(C)OC(=O)[C@@H](Cc1c[nH]c(-c2ccco2)c1)NC(=O)OCc1ccccc1. The normalized spacial score (nSPS) is 12.2. The smallest absolute Gasteiger partial charge is 0.408 e. The molecule has 0 unspecified atom stereocenters. The van der Waals surface area contributed by atoms with Gasteiger partial charge in [0.2, 0.25) is 0 Å². The first-order chi connectivity index (χ1) is 14.3. The Kier molecular flexibility index (Phi) is 6.61. The topological polar surface area (TPSA) is 93.6 Å². The maximum Gasteiger partial charge on any atom is 0.408 e. The van der Waals surface area contributed by atoms with E-state index in [0.717, 1.165) is 16.8 Å². The van der Waals surface area contributed by atoms with Crippen molar-refractivity contribution in [2.75, 3.05) is 0 Å². The van der Waals surface area contributed by atoms with Crippen LogP contribution in [0.5, 0.6) is 0 Å². The highest BCUT2D eigenvalue weighted by Gasteiger charge is 2.28. The van der Waals surface area contributed by atoms with Gasteiger partial charge < -0.3 is 24.2 Å². The number of aromatic amines is 1. The van der Waals surface area contributed by atoms with Crippen LogP contribution in [0, 0.1) is 0 Å².